The number of ether oxygens (including phenoxy) is 3. The lowest BCUT2D eigenvalue weighted by Crippen LogP contribution is -2.39. The number of benzene rings is 1. The number of hydrogen-bond donors (Lipinski definition) is 1. The number of nitrogens with one attached hydrogen (secondary N) is 1. The Morgan fingerprint density at radius 1 is 1.09 bits per heavy atom. The van der Waals surface area contributed by atoms with Crippen molar-refractivity contribution < 1.29 is 14.2 Å². The van der Waals surface area contributed by atoms with Crippen LogP contribution in [0.15, 0.2) is 23.5 Å². The Labute approximate surface area is 206 Å². The van der Waals surface area contributed by atoms with E-state index in [2.05, 4.69) is 20.2 Å². The summed E-state index contributed by atoms with van der Waals surface area (Å²) in [6, 6.07) is 3.53. The number of pyridine rings is 1. The molecule has 4 rings (SSSR count). The van der Waals surface area contributed by atoms with Crippen molar-refractivity contribution in [2.75, 3.05) is 65.2 Å². The molecular formula is C22H25Cl2N5O3S. The summed E-state index contributed by atoms with van der Waals surface area (Å²) >= 11 is 14.8. The number of methoxy groups -OCH3 is 2. The first kappa shape index (κ1) is 24.1. The molecule has 0 bridgehead atoms. The third-order valence-corrected chi connectivity index (χ3v) is 6.69. The summed E-state index contributed by atoms with van der Waals surface area (Å²) in [5, 5.41) is 5.66. The number of morpholine rings is 1. The Balaban J connectivity index is 1.77. The zero-order valence-electron chi connectivity index (χ0n) is 18.7. The second kappa shape index (κ2) is 10.9. The second-order valence-corrected chi connectivity index (χ2v) is 8.84. The van der Waals surface area contributed by atoms with Crippen LogP contribution in [0.1, 0.15) is 0 Å². The maximum absolute atomic E-state index is 6.66. The highest BCUT2D eigenvalue weighted by atomic mass is 35.5. The molecule has 3 heterocycles. The van der Waals surface area contributed by atoms with E-state index in [-0.39, 0.29) is 0 Å². The number of aromatic nitrogens is 3. The fraction of sp³-hybridized carbons (Fsp3) is 0.409. The average Bonchev–Trinajstić information content (AvgIpc) is 2.84. The summed E-state index contributed by atoms with van der Waals surface area (Å²) < 4.78 is 16.3. The van der Waals surface area contributed by atoms with Crippen LogP contribution in [0.4, 0.5) is 5.82 Å². The van der Waals surface area contributed by atoms with Crippen LogP contribution in [0.5, 0.6) is 11.5 Å². The minimum Gasteiger partial charge on any atom is -0.495 e. The van der Waals surface area contributed by atoms with Gasteiger partial charge in [0.25, 0.3) is 0 Å². The lowest BCUT2D eigenvalue weighted by molar-refractivity contribution is 0.0398. The van der Waals surface area contributed by atoms with E-state index in [1.165, 1.54) is 11.8 Å². The summed E-state index contributed by atoms with van der Waals surface area (Å²) in [4.78, 5) is 16.3. The molecule has 1 saturated heterocycles. The number of fused-ring (bicyclic) bond motifs is 1. The van der Waals surface area contributed by atoms with E-state index in [1.54, 1.807) is 26.5 Å². The molecule has 3 aromatic rings. The van der Waals surface area contributed by atoms with Gasteiger partial charge in [0.2, 0.25) is 0 Å². The van der Waals surface area contributed by atoms with Crippen LogP contribution in [0.25, 0.3) is 22.2 Å². The van der Waals surface area contributed by atoms with Crippen molar-refractivity contribution in [3.05, 3.63) is 28.4 Å². The van der Waals surface area contributed by atoms with E-state index >= 15 is 0 Å². The molecule has 176 valence electrons. The van der Waals surface area contributed by atoms with Crippen molar-refractivity contribution >= 4 is 51.7 Å². The quantitative estimate of drug-likeness (QED) is 0.348. The van der Waals surface area contributed by atoms with Crippen LogP contribution < -0.4 is 14.8 Å². The van der Waals surface area contributed by atoms with Crippen molar-refractivity contribution in [2.45, 2.75) is 5.16 Å². The minimum atomic E-state index is 0.357. The highest BCUT2D eigenvalue weighted by molar-refractivity contribution is 7.98. The van der Waals surface area contributed by atoms with E-state index in [1.807, 2.05) is 12.3 Å². The Morgan fingerprint density at radius 2 is 1.79 bits per heavy atom. The first-order valence-electron chi connectivity index (χ1n) is 10.4. The van der Waals surface area contributed by atoms with Gasteiger partial charge in [0.05, 0.1) is 43.2 Å². The average molecular weight is 510 g/mol. The molecule has 0 atom stereocenters. The molecule has 1 fully saturated rings. The molecular weight excluding hydrogens is 485 g/mol. The SMILES string of the molecule is COc1cc(OC)c(Cl)c(-c2cc3cnc(SC)nc3c(NCCN3CCOCC3)n2)c1Cl. The molecule has 2 aromatic heterocycles. The van der Waals surface area contributed by atoms with E-state index in [4.69, 9.17) is 42.4 Å². The summed E-state index contributed by atoms with van der Waals surface area (Å²) in [5.74, 6) is 1.54. The monoisotopic (exact) mass is 509 g/mol. The maximum Gasteiger partial charge on any atom is 0.187 e. The predicted molar refractivity (Wildman–Crippen MR) is 133 cm³/mol. The van der Waals surface area contributed by atoms with Crippen molar-refractivity contribution in [3.8, 4) is 22.8 Å². The molecule has 0 radical (unpaired) electrons. The molecule has 1 aromatic carbocycles. The topological polar surface area (TPSA) is 81.6 Å². The van der Waals surface area contributed by atoms with Crippen molar-refractivity contribution in [1.29, 1.82) is 0 Å². The van der Waals surface area contributed by atoms with Gasteiger partial charge in [-0.2, -0.15) is 0 Å². The minimum absolute atomic E-state index is 0.357. The predicted octanol–water partition coefficient (Wildman–Crippen LogP) is 4.48. The molecule has 0 spiro atoms. The van der Waals surface area contributed by atoms with Crippen LogP contribution in [-0.2, 0) is 4.74 Å². The summed E-state index contributed by atoms with van der Waals surface area (Å²) in [6.07, 6.45) is 3.72. The van der Waals surface area contributed by atoms with Crippen LogP contribution in [0.3, 0.4) is 0 Å². The molecule has 8 nitrogen and oxygen atoms in total. The molecule has 33 heavy (non-hydrogen) atoms. The van der Waals surface area contributed by atoms with Gasteiger partial charge < -0.3 is 19.5 Å². The highest BCUT2D eigenvalue weighted by Crippen LogP contribution is 2.46. The molecule has 1 aliphatic rings. The second-order valence-electron chi connectivity index (χ2n) is 7.32. The molecule has 0 saturated carbocycles. The molecule has 1 aliphatic heterocycles. The molecule has 1 N–H and O–H groups in total. The van der Waals surface area contributed by atoms with Crippen molar-refractivity contribution in [3.63, 3.8) is 0 Å². The van der Waals surface area contributed by atoms with Crippen LogP contribution in [-0.4, -0.2) is 79.7 Å². The Kier molecular flexibility index (Phi) is 7.98. The van der Waals surface area contributed by atoms with Crippen molar-refractivity contribution in [2.24, 2.45) is 0 Å². The smallest absolute Gasteiger partial charge is 0.187 e. The summed E-state index contributed by atoms with van der Waals surface area (Å²) in [5.41, 5.74) is 1.84. The van der Waals surface area contributed by atoms with Gasteiger partial charge in [0.1, 0.15) is 17.0 Å². The Morgan fingerprint density at radius 3 is 2.42 bits per heavy atom. The number of hydrogen-bond acceptors (Lipinski definition) is 9. The molecule has 11 heteroatoms. The number of thioether (sulfide) groups is 1. The lowest BCUT2D eigenvalue weighted by Gasteiger charge is -2.26. The normalized spacial score (nSPS) is 14.5. The largest absolute Gasteiger partial charge is 0.495 e. The van der Waals surface area contributed by atoms with Gasteiger partial charge in [-0.1, -0.05) is 35.0 Å². The standard InChI is InChI=1S/C22H25Cl2N5O3S/c1-30-15-11-16(31-2)19(24)17(18(15)23)14-10-13-12-26-22(33-3)28-20(13)21(27-14)25-4-5-29-6-8-32-9-7-29/h10-12H,4-9H2,1-3H3,(H,25,27). The Bertz CT molecular complexity index is 1120. The van der Waals surface area contributed by atoms with Gasteiger partial charge in [-0.15, -0.1) is 0 Å². The van der Waals surface area contributed by atoms with Crippen LogP contribution >= 0.6 is 35.0 Å². The first-order valence-corrected chi connectivity index (χ1v) is 12.4. The van der Waals surface area contributed by atoms with Crippen LogP contribution in [0.2, 0.25) is 10.0 Å². The number of anilines is 1. The molecule has 0 unspecified atom stereocenters. The van der Waals surface area contributed by atoms with E-state index in [0.29, 0.717) is 50.3 Å². The van der Waals surface area contributed by atoms with Gasteiger partial charge in [-0.25, -0.2) is 15.0 Å². The van der Waals surface area contributed by atoms with E-state index in [0.717, 1.165) is 43.8 Å². The third kappa shape index (κ3) is 5.22. The summed E-state index contributed by atoms with van der Waals surface area (Å²) in [7, 11) is 3.09. The van der Waals surface area contributed by atoms with E-state index < -0.39 is 0 Å². The zero-order valence-corrected chi connectivity index (χ0v) is 21.0. The maximum atomic E-state index is 6.66. The first-order chi connectivity index (χ1) is 16.0. The van der Waals surface area contributed by atoms with Crippen LogP contribution in [0, 0.1) is 0 Å². The van der Waals surface area contributed by atoms with Gasteiger partial charge in [-0.05, 0) is 12.3 Å². The third-order valence-electron chi connectivity index (χ3n) is 5.38. The van der Waals surface area contributed by atoms with Gasteiger partial charge in [0.15, 0.2) is 11.0 Å². The Hall–Kier alpha value is -2.04. The van der Waals surface area contributed by atoms with Gasteiger partial charge in [0, 0.05) is 49.4 Å². The van der Waals surface area contributed by atoms with Gasteiger partial charge in [-0.3, -0.25) is 4.90 Å². The fourth-order valence-electron chi connectivity index (χ4n) is 3.64. The number of halogens is 2. The lowest BCUT2D eigenvalue weighted by atomic mass is 10.1. The zero-order chi connectivity index (χ0) is 23.4. The van der Waals surface area contributed by atoms with Gasteiger partial charge >= 0.3 is 0 Å². The molecule has 0 aliphatic carbocycles. The van der Waals surface area contributed by atoms with Crippen molar-refractivity contribution in [1.82, 2.24) is 19.9 Å². The number of nitrogens with zero attached hydrogens (tertiary/aromatic N) is 4. The molecule has 0 amide bonds. The highest BCUT2D eigenvalue weighted by Gasteiger charge is 2.21. The summed E-state index contributed by atoms with van der Waals surface area (Å²) in [6.45, 7) is 4.93. The fourth-order valence-corrected chi connectivity index (χ4v) is 4.68. The number of rotatable bonds is 8. The van der Waals surface area contributed by atoms with E-state index in [9.17, 15) is 0 Å².